The van der Waals surface area contributed by atoms with Crippen molar-refractivity contribution in [3.8, 4) is 0 Å². The fourth-order valence-corrected chi connectivity index (χ4v) is 1.58. The van der Waals surface area contributed by atoms with E-state index in [1.54, 1.807) is 12.1 Å². The first-order valence-electron chi connectivity index (χ1n) is 4.98. The lowest BCUT2D eigenvalue weighted by Gasteiger charge is -2.19. The molecule has 0 saturated carbocycles. The summed E-state index contributed by atoms with van der Waals surface area (Å²) in [6.07, 6.45) is -2.05. The van der Waals surface area contributed by atoms with Crippen LogP contribution in [-0.2, 0) is 0 Å². The molecule has 7 heteroatoms. The summed E-state index contributed by atoms with van der Waals surface area (Å²) in [7, 11) is 0. The Kier molecular flexibility index (Phi) is 5.06. The lowest BCUT2D eigenvalue weighted by molar-refractivity contribution is 0.0155. The zero-order valence-electron chi connectivity index (χ0n) is 8.99. The van der Waals surface area contributed by atoms with Crippen molar-refractivity contribution in [2.75, 3.05) is 12.3 Å². The van der Waals surface area contributed by atoms with Crippen LogP contribution in [-0.4, -0.2) is 22.9 Å². The second-order valence-corrected chi connectivity index (χ2v) is 3.97. The molecule has 0 aliphatic carbocycles. The summed E-state index contributed by atoms with van der Waals surface area (Å²) in [6, 6.07) is 4.65. The number of benzene rings is 1. The molecule has 0 amide bonds. The second-order valence-electron chi connectivity index (χ2n) is 3.53. The average Bonchev–Trinajstić information content (AvgIpc) is 2.31. The molecule has 2 unspecified atom stereocenters. The van der Waals surface area contributed by atoms with Crippen LogP contribution in [0.5, 0.6) is 0 Å². The van der Waals surface area contributed by atoms with Crippen molar-refractivity contribution in [2.45, 2.75) is 18.6 Å². The summed E-state index contributed by atoms with van der Waals surface area (Å²) in [5, 5.41) is 23.3. The molecule has 0 radical (unpaired) electrons. The van der Waals surface area contributed by atoms with Crippen LogP contribution in [0.2, 0.25) is 5.02 Å². The molecule has 0 spiro atoms. The van der Waals surface area contributed by atoms with Crippen molar-refractivity contribution < 1.29 is 10.2 Å². The number of nitrogens with two attached hydrogens (primary N) is 1. The Bertz CT molecular complexity index is 434. The molecule has 0 aliphatic rings. The van der Waals surface area contributed by atoms with Crippen LogP contribution in [0.1, 0.15) is 18.1 Å². The van der Waals surface area contributed by atoms with Gasteiger partial charge in [-0.1, -0.05) is 16.7 Å². The van der Waals surface area contributed by atoms with Gasteiger partial charge >= 0.3 is 0 Å². The average molecular weight is 257 g/mol. The quantitative estimate of drug-likeness (QED) is 0.324. The smallest absolute Gasteiger partial charge is 0.107 e. The van der Waals surface area contributed by atoms with E-state index in [2.05, 4.69) is 10.0 Å². The number of hydrogen-bond acceptors (Lipinski definition) is 4. The van der Waals surface area contributed by atoms with Gasteiger partial charge in [-0.05, 0) is 30.2 Å². The molecule has 0 bridgehead atoms. The first-order chi connectivity index (χ1) is 8.06. The van der Waals surface area contributed by atoms with Gasteiger partial charge in [-0.25, -0.2) is 0 Å². The summed E-state index contributed by atoms with van der Waals surface area (Å²) in [6.45, 7) is 0.106. The standard InChI is InChI=1S/C10H13ClN4O2/c11-6-1-2-8(12)7(5-6)10(17)9(16)3-4-14-15-13/h1-2,5,9-10,16-17H,3-4,12H2. The summed E-state index contributed by atoms with van der Waals surface area (Å²) < 4.78 is 0. The fraction of sp³-hybridized carbons (Fsp3) is 0.400. The number of nitrogens with zero attached hydrogens (tertiary/aromatic N) is 3. The molecule has 0 fully saturated rings. The van der Waals surface area contributed by atoms with E-state index >= 15 is 0 Å². The summed E-state index contributed by atoms with van der Waals surface area (Å²) in [5.41, 5.74) is 14.5. The van der Waals surface area contributed by atoms with Crippen LogP contribution in [0.3, 0.4) is 0 Å². The van der Waals surface area contributed by atoms with Gasteiger partial charge in [-0.3, -0.25) is 0 Å². The third-order valence-corrected chi connectivity index (χ3v) is 2.56. The molecule has 1 rings (SSSR count). The van der Waals surface area contributed by atoms with Gasteiger partial charge in [0.2, 0.25) is 0 Å². The van der Waals surface area contributed by atoms with Crippen LogP contribution in [0.4, 0.5) is 5.69 Å². The molecule has 0 aromatic heterocycles. The molecule has 1 aromatic rings. The van der Waals surface area contributed by atoms with Crippen LogP contribution in [0.15, 0.2) is 23.3 Å². The Balaban J connectivity index is 2.76. The minimum absolute atomic E-state index is 0.106. The predicted octanol–water partition coefficient (Wildman–Crippen LogP) is 2.02. The number of aliphatic hydroxyl groups excluding tert-OH is 2. The Labute approximate surface area is 103 Å². The molecular formula is C10H13ClN4O2. The first kappa shape index (κ1) is 13.6. The largest absolute Gasteiger partial charge is 0.398 e. The minimum Gasteiger partial charge on any atom is -0.398 e. The number of anilines is 1. The molecular weight excluding hydrogens is 244 g/mol. The zero-order valence-corrected chi connectivity index (χ0v) is 9.75. The Morgan fingerprint density at radius 1 is 1.47 bits per heavy atom. The van der Waals surface area contributed by atoms with E-state index < -0.39 is 12.2 Å². The number of halogens is 1. The van der Waals surface area contributed by atoms with E-state index in [0.717, 1.165) is 0 Å². The molecule has 0 aliphatic heterocycles. The predicted molar refractivity (Wildman–Crippen MR) is 65.5 cm³/mol. The van der Waals surface area contributed by atoms with Crippen LogP contribution >= 0.6 is 11.6 Å². The van der Waals surface area contributed by atoms with Gasteiger partial charge in [-0.2, -0.15) is 0 Å². The number of rotatable bonds is 5. The summed E-state index contributed by atoms with van der Waals surface area (Å²) >= 11 is 5.78. The van der Waals surface area contributed by atoms with E-state index in [-0.39, 0.29) is 13.0 Å². The van der Waals surface area contributed by atoms with E-state index in [4.69, 9.17) is 22.9 Å². The van der Waals surface area contributed by atoms with Gasteiger partial charge in [0.15, 0.2) is 0 Å². The lowest BCUT2D eigenvalue weighted by Crippen LogP contribution is -2.20. The van der Waals surface area contributed by atoms with E-state index in [9.17, 15) is 10.2 Å². The highest BCUT2D eigenvalue weighted by Gasteiger charge is 2.20. The van der Waals surface area contributed by atoms with Gasteiger partial charge in [0.05, 0.1) is 6.10 Å². The molecule has 0 heterocycles. The number of nitrogen functional groups attached to an aromatic ring is 1. The first-order valence-corrected chi connectivity index (χ1v) is 5.36. The molecule has 6 nitrogen and oxygen atoms in total. The van der Waals surface area contributed by atoms with Crippen LogP contribution in [0, 0.1) is 0 Å². The molecule has 92 valence electrons. The van der Waals surface area contributed by atoms with Crippen LogP contribution < -0.4 is 5.73 Å². The highest BCUT2D eigenvalue weighted by Crippen LogP contribution is 2.27. The second kappa shape index (κ2) is 6.32. The fourth-order valence-electron chi connectivity index (χ4n) is 1.40. The summed E-state index contributed by atoms with van der Waals surface area (Å²) in [5.74, 6) is 0. The normalized spacial score (nSPS) is 13.8. The Morgan fingerprint density at radius 2 is 2.18 bits per heavy atom. The van der Waals surface area contributed by atoms with Crippen molar-refractivity contribution in [3.05, 3.63) is 39.2 Å². The maximum Gasteiger partial charge on any atom is 0.107 e. The van der Waals surface area contributed by atoms with Gasteiger partial charge < -0.3 is 15.9 Å². The highest BCUT2D eigenvalue weighted by atomic mass is 35.5. The minimum atomic E-state index is -1.15. The molecule has 1 aromatic carbocycles. The van der Waals surface area contributed by atoms with Crippen molar-refractivity contribution in [3.63, 3.8) is 0 Å². The molecule has 4 N–H and O–H groups in total. The van der Waals surface area contributed by atoms with Crippen molar-refractivity contribution >= 4 is 17.3 Å². The topological polar surface area (TPSA) is 115 Å². The number of aliphatic hydroxyl groups is 2. The van der Waals surface area contributed by atoms with Gasteiger partial charge in [0.1, 0.15) is 6.10 Å². The molecule has 2 atom stereocenters. The van der Waals surface area contributed by atoms with Crippen LogP contribution in [0.25, 0.3) is 10.4 Å². The van der Waals surface area contributed by atoms with Gasteiger partial charge in [0.25, 0.3) is 0 Å². The molecule has 17 heavy (non-hydrogen) atoms. The van der Waals surface area contributed by atoms with Gasteiger partial charge in [-0.15, -0.1) is 0 Å². The number of azide groups is 1. The van der Waals surface area contributed by atoms with E-state index in [1.807, 2.05) is 0 Å². The van der Waals surface area contributed by atoms with E-state index in [1.165, 1.54) is 6.07 Å². The monoisotopic (exact) mass is 256 g/mol. The zero-order chi connectivity index (χ0) is 12.8. The van der Waals surface area contributed by atoms with Gasteiger partial charge in [0, 0.05) is 27.7 Å². The molecule has 0 saturated heterocycles. The SMILES string of the molecule is [N-]=[N+]=NCCC(O)C(O)c1cc(Cl)ccc1N. The van der Waals surface area contributed by atoms with Crippen molar-refractivity contribution in [1.29, 1.82) is 0 Å². The van der Waals surface area contributed by atoms with Crippen molar-refractivity contribution in [1.82, 2.24) is 0 Å². The number of hydrogen-bond donors (Lipinski definition) is 3. The maximum atomic E-state index is 9.87. The Hall–Kier alpha value is -1.46. The van der Waals surface area contributed by atoms with E-state index in [0.29, 0.717) is 16.3 Å². The third kappa shape index (κ3) is 3.80. The van der Waals surface area contributed by atoms with Crippen molar-refractivity contribution in [2.24, 2.45) is 5.11 Å². The summed E-state index contributed by atoms with van der Waals surface area (Å²) in [4.78, 5) is 2.56. The Morgan fingerprint density at radius 3 is 2.82 bits per heavy atom. The maximum absolute atomic E-state index is 9.87. The highest BCUT2D eigenvalue weighted by molar-refractivity contribution is 6.30. The third-order valence-electron chi connectivity index (χ3n) is 2.32. The lowest BCUT2D eigenvalue weighted by atomic mass is 10.0.